The zero-order valence-corrected chi connectivity index (χ0v) is 24.5. The van der Waals surface area contributed by atoms with Crippen LogP contribution in [0.4, 0.5) is 0 Å². The Bertz CT molecular complexity index is 1500. The number of benzene rings is 1. The molecule has 226 valence electrons. The van der Waals surface area contributed by atoms with Crippen molar-refractivity contribution in [2.75, 3.05) is 6.54 Å². The van der Waals surface area contributed by atoms with Gasteiger partial charge in [-0.15, -0.1) is 0 Å². The Labute approximate surface area is 244 Å². The third kappa shape index (κ3) is 5.39. The first-order valence-electron chi connectivity index (χ1n) is 14.7. The Balaban J connectivity index is 1.25. The normalized spacial score (nSPS) is 31.3. The van der Waals surface area contributed by atoms with Crippen LogP contribution in [0.2, 0.25) is 0 Å². The molecule has 0 spiro atoms. The number of rotatable bonds is 5. The molecule has 3 fully saturated rings. The molecule has 4 aliphatic rings. The SMILES string of the molecule is CC1(S(=O)(=O)NC(=O)[C@@]23C[C@H]2C=CCCCCC[C@H](N)C(=O)N2C[C@H](Oc4nc5ccccc5[nH]4)C[C@H]2C(=O)N3)CC1. The van der Waals surface area contributed by atoms with Crippen LogP contribution in [0.25, 0.3) is 11.0 Å². The number of H-pyrrole nitrogens is 1. The Morgan fingerprint density at radius 3 is 2.74 bits per heavy atom. The van der Waals surface area contributed by atoms with Crippen molar-refractivity contribution in [1.82, 2.24) is 24.9 Å². The van der Waals surface area contributed by atoms with Crippen LogP contribution in [0.1, 0.15) is 64.7 Å². The van der Waals surface area contributed by atoms with Crippen molar-refractivity contribution in [2.24, 2.45) is 11.7 Å². The molecule has 2 aliphatic carbocycles. The first-order chi connectivity index (χ1) is 20.0. The minimum absolute atomic E-state index is 0.122. The number of allylic oxidation sites excluding steroid dienone is 1. The predicted octanol–water partition coefficient (Wildman–Crippen LogP) is 1.63. The lowest BCUT2D eigenvalue weighted by Crippen LogP contribution is -2.58. The number of carbonyl (C=O) groups is 3. The van der Waals surface area contributed by atoms with Gasteiger partial charge in [0.25, 0.3) is 11.9 Å². The molecule has 2 aliphatic heterocycles. The van der Waals surface area contributed by atoms with E-state index in [2.05, 4.69) is 20.0 Å². The molecule has 1 aromatic heterocycles. The summed E-state index contributed by atoms with van der Waals surface area (Å²) in [6.07, 6.45) is 8.53. The summed E-state index contributed by atoms with van der Waals surface area (Å²) in [4.78, 5) is 49.9. The number of amides is 3. The van der Waals surface area contributed by atoms with Crippen molar-refractivity contribution < 1.29 is 27.5 Å². The molecule has 12 nitrogen and oxygen atoms in total. The topological polar surface area (TPSA) is 177 Å². The highest BCUT2D eigenvalue weighted by atomic mass is 32.2. The molecule has 6 rings (SSSR count). The summed E-state index contributed by atoms with van der Waals surface area (Å²) in [6, 6.07) is 6.02. The number of nitrogens with zero attached hydrogens (tertiary/aromatic N) is 2. The van der Waals surface area contributed by atoms with E-state index in [9.17, 15) is 22.8 Å². The molecule has 2 saturated carbocycles. The van der Waals surface area contributed by atoms with Crippen LogP contribution in [-0.2, 0) is 24.4 Å². The number of ether oxygens (including phenoxy) is 1. The maximum atomic E-state index is 13.9. The van der Waals surface area contributed by atoms with E-state index >= 15 is 0 Å². The molecule has 0 radical (unpaired) electrons. The van der Waals surface area contributed by atoms with Crippen LogP contribution in [-0.4, -0.2) is 76.0 Å². The number of aromatic nitrogens is 2. The number of hydrogen-bond acceptors (Lipinski definition) is 8. The molecule has 5 atom stereocenters. The Morgan fingerprint density at radius 1 is 1.19 bits per heavy atom. The van der Waals surface area contributed by atoms with Crippen molar-refractivity contribution in [2.45, 2.75) is 93.2 Å². The number of nitrogens with two attached hydrogens (primary N) is 1. The highest BCUT2D eigenvalue weighted by Gasteiger charge is 2.63. The third-order valence-electron chi connectivity index (χ3n) is 9.16. The Kier molecular flexibility index (Phi) is 7.28. The van der Waals surface area contributed by atoms with Gasteiger partial charge in [0.05, 0.1) is 28.4 Å². The van der Waals surface area contributed by atoms with E-state index in [1.54, 1.807) is 6.92 Å². The van der Waals surface area contributed by atoms with E-state index < -0.39 is 50.3 Å². The number of imidazole rings is 1. The van der Waals surface area contributed by atoms with Gasteiger partial charge in [-0.25, -0.2) is 8.42 Å². The van der Waals surface area contributed by atoms with Crippen LogP contribution in [0, 0.1) is 5.92 Å². The van der Waals surface area contributed by atoms with Gasteiger partial charge in [-0.3, -0.25) is 19.1 Å². The molecular formula is C29H38N6O6S. The number of para-hydroxylation sites is 2. The number of nitrogens with one attached hydrogen (secondary N) is 3. The van der Waals surface area contributed by atoms with E-state index in [-0.39, 0.29) is 37.2 Å². The zero-order valence-electron chi connectivity index (χ0n) is 23.7. The van der Waals surface area contributed by atoms with E-state index in [4.69, 9.17) is 10.5 Å². The summed E-state index contributed by atoms with van der Waals surface area (Å²) in [5.41, 5.74) is 6.42. The quantitative estimate of drug-likeness (QED) is 0.375. The van der Waals surface area contributed by atoms with E-state index in [1.165, 1.54) is 4.90 Å². The van der Waals surface area contributed by atoms with Crippen molar-refractivity contribution in [3.63, 3.8) is 0 Å². The van der Waals surface area contributed by atoms with Crippen LogP contribution >= 0.6 is 0 Å². The molecule has 13 heteroatoms. The molecule has 1 aromatic carbocycles. The van der Waals surface area contributed by atoms with Crippen LogP contribution in [0.5, 0.6) is 6.01 Å². The molecule has 42 heavy (non-hydrogen) atoms. The smallest absolute Gasteiger partial charge is 0.294 e. The largest absolute Gasteiger partial charge is 0.459 e. The van der Waals surface area contributed by atoms with Gasteiger partial charge in [0.1, 0.15) is 17.7 Å². The average Bonchev–Trinajstić information content (AvgIpc) is 3.76. The second kappa shape index (κ2) is 10.7. The van der Waals surface area contributed by atoms with Crippen LogP contribution in [0.3, 0.4) is 0 Å². The molecule has 5 N–H and O–H groups in total. The molecule has 1 saturated heterocycles. The second-order valence-electron chi connectivity index (χ2n) is 12.4. The summed E-state index contributed by atoms with van der Waals surface area (Å²) >= 11 is 0. The lowest BCUT2D eigenvalue weighted by Gasteiger charge is -2.28. The van der Waals surface area contributed by atoms with Gasteiger partial charge in [-0.2, -0.15) is 4.98 Å². The molecule has 0 unspecified atom stereocenters. The maximum absolute atomic E-state index is 13.9. The minimum Gasteiger partial charge on any atom is -0.459 e. The van der Waals surface area contributed by atoms with Crippen molar-refractivity contribution in [3.05, 3.63) is 36.4 Å². The van der Waals surface area contributed by atoms with E-state index in [0.717, 1.165) is 36.7 Å². The van der Waals surface area contributed by atoms with Crippen molar-refractivity contribution >= 4 is 38.8 Å². The maximum Gasteiger partial charge on any atom is 0.294 e. The van der Waals surface area contributed by atoms with Crippen molar-refractivity contribution in [1.29, 1.82) is 0 Å². The summed E-state index contributed by atoms with van der Waals surface area (Å²) in [6.45, 7) is 1.73. The summed E-state index contributed by atoms with van der Waals surface area (Å²) < 4.78 is 33.2. The fraction of sp³-hybridized carbons (Fsp3) is 0.586. The number of hydrogen-bond donors (Lipinski definition) is 4. The standard InChI is InChI=1S/C29H38N6O6S/c1-28(13-14-28)42(39,40)34-26(38)29-16-18(29)9-5-3-2-4-6-10-20(30)25(37)35-17-19(15-23(35)24(36)33-29)41-27-31-21-11-7-8-12-22(21)32-27/h5,7-9,11-12,18-20,23H,2-4,6,10,13-17,30H2,1H3,(H,31,32)(H,33,36)(H,34,38)/t18-,19-,20+,23+,29-/m1/s1. The van der Waals surface area contributed by atoms with Crippen LogP contribution in [0.15, 0.2) is 36.4 Å². The van der Waals surface area contributed by atoms with Gasteiger partial charge in [0, 0.05) is 12.3 Å². The third-order valence-corrected chi connectivity index (χ3v) is 11.3. The average molecular weight is 599 g/mol. The first-order valence-corrected chi connectivity index (χ1v) is 16.2. The second-order valence-corrected chi connectivity index (χ2v) is 14.6. The fourth-order valence-electron chi connectivity index (χ4n) is 5.98. The Hall–Kier alpha value is -3.45. The predicted molar refractivity (Wildman–Crippen MR) is 155 cm³/mol. The van der Waals surface area contributed by atoms with Crippen LogP contribution < -0.4 is 20.5 Å². The van der Waals surface area contributed by atoms with E-state index in [1.807, 2.05) is 36.4 Å². The van der Waals surface area contributed by atoms with Gasteiger partial charge >= 0.3 is 0 Å². The molecular weight excluding hydrogens is 560 g/mol. The fourth-order valence-corrected chi connectivity index (χ4v) is 7.30. The molecule has 3 amide bonds. The van der Waals surface area contributed by atoms with Gasteiger partial charge in [0.15, 0.2) is 0 Å². The first kappa shape index (κ1) is 28.7. The highest BCUT2D eigenvalue weighted by Crippen LogP contribution is 2.47. The zero-order chi connectivity index (χ0) is 29.7. The molecule has 3 heterocycles. The lowest BCUT2D eigenvalue weighted by atomic mass is 10.1. The number of sulfonamides is 1. The molecule has 0 bridgehead atoms. The summed E-state index contributed by atoms with van der Waals surface area (Å²) in [5.74, 6) is -1.99. The number of aromatic amines is 1. The van der Waals surface area contributed by atoms with Gasteiger partial charge < -0.3 is 25.7 Å². The monoisotopic (exact) mass is 598 g/mol. The summed E-state index contributed by atoms with van der Waals surface area (Å²) in [5, 5.41) is 2.86. The van der Waals surface area contributed by atoms with E-state index in [0.29, 0.717) is 19.3 Å². The van der Waals surface area contributed by atoms with Crippen molar-refractivity contribution in [3.8, 4) is 6.01 Å². The minimum atomic E-state index is -3.90. The summed E-state index contributed by atoms with van der Waals surface area (Å²) in [7, 11) is -3.90. The molecule has 2 aromatic rings. The highest BCUT2D eigenvalue weighted by molar-refractivity contribution is 7.91. The van der Waals surface area contributed by atoms with Gasteiger partial charge in [-0.05, 0) is 57.6 Å². The number of carbonyl (C=O) groups excluding carboxylic acids is 3. The lowest BCUT2D eigenvalue weighted by molar-refractivity contribution is -0.140. The Morgan fingerprint density at radius 2 is 1.98 bits per heavy atom. The van der Waals surface area contributed by atoms with Gasteiger partial charge in [0.2, 0.25) is 21.8 Å². The van der Waals surface area contributed by atoms with Gasteiger partial charge in [-0.1, -0.05) is 37.1 Å². The number of fused-ring (bicyclic) bond motifs is 3.